The number of rotatable bonds is 0. The van der Waals surface area contributed by atoms with Gasteiger partial charge in [-0.05, 0) is 0 Å². The Kier molecular flexibility index (Phi) is 134. The first-order valence-corrected chi connectivity index (χ1v) is 0. The Morgan fingerprint density at radius 3 is 1.00 bits per heavy atom. The summed E-state index contributed by atoms with van der Waals surface area (Å²) in [6.45, 7) is 0. The standard InChI is InChI=1S/Al.AsH3.Ga.In.9H/h;1H3;;;;;;;;;;;. The molecule has 0 fully saturated rings. The Labute approximate surface area is 79.8 Å². The molecular formula is H12AlAsGaIn. The van der Waals surface area contributed by atoms with Gasteiger partial charge in [0.05, 0.1) is 0 Å². The van der Waals surface area contributed by atoms with Gasteiger partial charge in [0.1, 0.15) is 0 Å². The molecule has 0 nitrogen and oxygen atoms in total. The average molecular weight is 299 g/mol. The zero-order valence-electron chi connectivity index (χ0n) is 0.707. The van der Waals surface area contributed by atoms with Gasteiger partial charge in [0.2, 0.25) is 0 Å². The number of hydrogen-bond donors (Lipinski definition) is 0. The summed E-state index contributed by atoms with van der Waals surface area (Å²) >= 11 is 0. The van der Waals surface area contributed by atoms with E-state index in [4.69, 9.17) is 0 Å². The average Bonchev–Trinajstić information content (AvgIpc) is 0. The molecule has 0 aromatic carbocycles. The van der Waals surface area contributed by atoms with E-state index < -0.39 is 0 Å². The van der Waals surface area contributed by atoms with E-state index in [1.165, 1.54) is 0 Å². The monoisotopic (exact) mass is 298 g/mol. The summed E-state index contributed by atoms with van der Waals surface area (Å²) in [5, 5.41) is 0. The van der Waals surface area contributed by atoms with E-state index in [1.54, 1.807) is 0 Å². The van der Waals surface area contributed by atoms with E-state index in [9.17, 15) is 0 Å². The molecule has 0 aromatic heterocycles. The molecule has 0 N–H and O–H groups in total. The summed E-state index contributed by atoms with van der Waals surface area (Å²) in [7, 11) is 0. The first-order chi connectivity index (χ1) is 0. The van der Waals surface area contributed by atoms with Crippen molar-refractivity contribution in [3.8, 4) is 0 Å². The molecule has 0 spiro atoms. The molecule has 0 amide bonds. The minimum absolute atomic E-state index is 0. The Balaban J connectivity index is 0. The van der Waals surface area contributed by atoms with Crippen LogP contribution in [-0.2, 0) is 0 Å². The first-order valence-electron chi connectivity index (χ1n) is 0. The second-order valence-electron chi connectivity index (χ2n) is 0. The topological polar surface area (TPSA) is 0 Å². The van der Waals surface area contributed by atoms with E-state index in [0.717, 1.165) is 0 Å². The summed E-state index contributed by atoms with van der Waals surface area (Å²) in [6, 6.07) is 0. The molecule has 0 aliphatic heterocycles. The molecule has 0 bridgehead atoms. The van der Waals surface area contributed by atoms with Gasteiger partial charge in [0.15, 0.2) is 17.4 Å². The molecule has 0 radical (unpaired) electrons. The van der Waals surface area contributed by atoms with Gasteiger partial charge in [0, 0.05) is 0 Å². The molecule has 0 saturated heterocycles. The van der Waals surface area contributed by atoms with Gasteiger partial charge in [-0.1, -0.05) is 0 Å². The van der Waals surface area contributed by atoms with E-state index >= 15 is 0 Å². The van der Waals surface area contributed by atoms with Crippen LogP contribution < -0.4 is 0 Å². The third-order valence-corrected chi connectivity index (χ3v) is 0. The van der Waals surface area contributed by atoms with Crippen LogP contribution in [0.25, 0.3) is 0 Å². The molecule has 1 atom stereocenters. The van der Waals surface area contributed by atoms with Gasteiger partial charge < -0.3 is 0 Å². The minimum atomic E-state index is 0. The third kappa shape index (κ3) is 8.82. The van der Waals surface area contributed by atoms with Crippen LogP contribution in [0.2, 0.25) is 0 Å². The van der Waals surface area contributed by atoms with Crippen LogP contribution in [0.3, 0.4) is 0 Å². The summed E-state index contributed by atoms with van der Waals surface area (Å²) in [4.78, 5) is 0. The van der Waals surface area contributed by atoms with Crippen molar-refractivity contribution in [1.29, 1.82) is 0 Å². The van der Waals surface area contributed by atoms with Gasteiger partial charge in [-0.2, -0.15) is 0 Å². The molecular weight excluding hydrogens is 286 g/mol. The van der Waals surface area contributed by atoms with E-state index in [1.807, 2.05) is 0 Å². The van der Waals surface area contributed by atoms with Crippen molar-refractivity contribution >= 4 is 80.9 Å². The van der Waals surface area contributed by atoms with Crippen LogP contribution in [0, 0.1) is 0 Å². The predicted molar refractivity (Wildman–Crippen MR) is 39.8 cm³/mol. The predicted octanol–water partition coefficient (Wildman–Crippen LogP) is -4.74. The van der Waals surface area contributed by atoms with Crippen molar-refractivity contribution in [2.24, 2.45) is 0 Å². The van der Waals surface area contributed by atoms with Crippen molar-refractivity contribution in [3.05, 3.63) is 0 Å². The van der Waals surface area contributed by atoms with Crippen molar-refractivity contribution in [2.75, 3.05) is 0 Å². The van der Waals surface area contributed by atoms with Gasteiger partial charge >= 0.3 is 63.6 Å². The molecule has 1 unspecified atom stereocenters. The maximum atomic E-state index is 0. The Bertz CT molecular complexity index is 8.00. The van der Waals surface area contributed by atoms with Crippen molar-refractivity contribution in [1.82, 2.24) is 0 Å². The molecule has 4 heavy (non-hydrogen) atoms. The SMILES string of the molecule is [AlH3].[AsH3].[GaH3].[InH3]. The molecule has 0 heterocycles. The fourth-order valence-corrected chi connectivity index (χ4v) is 0. The first kappa shape index (κ1) is 30.6. The molecule has 0 aliphatic carbocycles. The quantitative estimate of drug-likeness (QED) is 0.394. The molecule has 4 heteroatoms. The van der Waals surface area contributed by atoms with Crippen LogP contribution in [0.4, 0.5) is 0 Å². The van der Waals surface area contributed by atoms with Crippen LogP contribution in [0.15, 0.2) is 0 Å². The Hall–Kier alpha value is 2.60. The number of hydrogen-bond acceptors (Lipinski definition) is 0. The van der Waals surface area contributed by atoms with Crippen LogP contribution >= 0.6 is 0 Å². The maximum absolute atomic E-state index is 0. The van der Waals surface area contributed by atoms with Crippen LogP contribution in [-0.4, -0.2) is 80.9 Å². The zero-order valence-corrected chi connectivity index (χ0v) is 3.67. The summed E-state index contributed by atoms with van der Waals surface area (Å²) in [5.74, 6) is 0. The summed E-state index contributed by atoms with van der Waals surface area (Å²) in [6.07, 6.45) is 0. The fourth-order valence-electron chi connectivity index (χ4n) is 0. The van der Waals surface area contributed by atoms with E-state index in [2.05, 4.69) is 0 Å². The normalized spacial score (nSPS) is 0. The van der Waals surface area contributed by atoms with Crippen molar-refractivity contribution < 1.29 is 0 Å². The van der Waals surface area contributed by atoms with Gasteiger partial charge in [-0.3, -0.25) is 0 Å². The van der Waals surface area contributed by atoms with E-state index in [0.29, 0.717) is 0 Å². The second kappa shape index (κ2) is 17.5. The van der Waals surface area contributed by atoms with Gasteiger partial charge in [0.25, 0.3) is 0 Å². The zero-order chi connectivity index (χ0) is 0. The van der Waals surface area contributed by atoms with Crippen LogP contribution in [0.5, 0.6) is 0 Å². The van der Waals surface area contributed by atoms with Gasteiger partial charge in [-0.25, -0.2) is 0 Å². The second-order valence-corrected chi connectivity index (χ2v) is 0. The summed E-state index contributed by atoms with van der Waals surface area (Å²) in [5.41, 5.74) is 0. The Morgan fingerprint density at radius 1 is 1.00 bits per heavy atom. The Morgan fingerprint density at radius 2 is 1.00 bits per heavy atom. The summed E-state index contributed by atoms with van der Waals surface area (Å²) < 4.78 is 0. The molecule has 0 aliphatic rings. The molecule has 0 saturated carbocycles. The fraction of sp³-hybridized carbons (Fsp3) is 0. The third-order valence-electron chi connectivity index (χ3n) is 0. The van der Waals surface area contributed by atoms with Crippen molar-refractivity contribution in [3.63, 3.8) is 0 Å². The molecule has 0 rings (SSSR count). The molecule has 26 valence electrons. The van der Waals surface area contributed by atoms with Crippen molar-refractivity contribution in [2.45, 2.75) is 0 Å². The molecule has 0 aromatic rings. The van der Waals surface area contributed by atoms with Gasteiger partial charge in [-0.15, -0.1) is 0 Å². The van der Waals surface area contributed by atoms with Crippen LogP contribution in [0.1, 0.15) is 0 Å². The van der Waals surface area contributed by atoms with E-state index in [-0.39, 0.29) is 80.9 Å².